The van der Waals surface area contributed by atoms with Crippen molar-refractivity contribution in [2.45, 2.75) is 57.7 Å². The third kappa shape index (κ3) is 2.09. The molecular weight excluding hydrogens is 414 g/mol. The lowest BCUT2D eigenvalue weighted by Crippen LogP contribution is -2.83. The Hall–Kier alpha value is -1.38. The number of allylic oxidation sites excluding steroid dienone is 1. The highest BCUT2D eigenvalue weighted by molar-refractivity contribution is 7.09. The summed E-state index contributed by atoms with van der Waals surface area (Å²) in [7, 11) is 0. The van der Waals surface area contributed by atoms with Gasteiger partial charge in [0.05, 0.1) is 12.7 Å². The number of rotatable bonds is 3. The number of ether oxygens (including phenoxy) is 2. The lowest BCUT2D eigenvalue weighted by atomic mass is 9.37. The number of aromatic nitrogens is 1. The van der Waals surface area contributed by atoms with Crippen molar-refractivity contribution in [1.29, 1.82) is 0 Å². The minimum atomic E-state index is -1.62. The zero-order valence-electron chi connectivity index (χ0n) is 17.9. The van der Waals surface area contributed by atoms with Gasteiger partial charge in [0.25, 0.3) is 0 Å². The highest BCUT2D eigenvalue weighted by Gasteiger charge is 2.86. The summed E-state index contributed by atoms with van der Waals surface area (Å²) >= 11 is 1.45. The van der Waals surface area contributed by atoms with Gasteiger partial charge < -0.3 is 19.7 Å². The van der Waals surface area contributed by atoms with Crippen LogP contribution in [0.2, 0.25) is 0 Å². The van der Waals surface area contributed by atoms with Crippen LogP contribution < -0.4 is 0 Å². The van der Waals surface area contributed by atoms with Gasteiger partial charge in [0.15, 0.2) is 5.78 Å². The predicted octanol–water partition coefficient (Wildman–Crippen LogP) is 2.86. The molecule has 1 aromatic heterocycles. The van der Waals surface area contributed by atoms with Crippen LogP contribution in [0, 0.1) is 34.0 Å². The lowest BCUT2D eigenvalue weighted by molar-refractivity contribution is -0.450. The highest BCUT2D eigenvalue weighted by atomic mass is 32.1. The fourth-order valence-electron chi connectivity index (χ4n) is 8.12. The summed E-state index contributed by atoms with van der Waals surface area (Å²) in [6, 6.07) is 0. The average molecular weight is 444 g/mol. The molecule has 2 saturated heterocycles. The Balaban J connectivity index is 1.58. The van der Waals surface area contributed by atoms with Crippen LogP contribution in [0.25, 0.3) is 0 Å². The number of aliphatic hydroxyl groups is 2. The van der Waals surface area contributed by atoms with E-state index in [0.29, 0.717) is 12.2 Å². The first-order valence-electron chi connectivity index (χ1n) is 11.2. The molecule has 1 aromatic rings. The van der Waals surface area contributed by atoms with Gasteiger partial charge in [-0.3, -0.25) is 4.79 Å². The third-order valence-electron chi connectivity index (χ3n) is 9.13. The van der Waals surface area contributed by atoms with Crippen molar-refractivity contribution in [1.82, 2.24) is 4.98 Å². The van der Waals surface area contributed by atoms with E-state index in [1.807, 2.05) is 5.38 Å². The van der Waals surface area contributed by atoms with Crippen LogP contribution in [-0.4, -0.2) is 45.6 Å². The third-order valence-corrected chi connectivity index (χ3v) is 9.89. The smallest absolute Gasteiger partial charge is 0.211 e. The number of fused-ring (bicyclic) bond motifs is 2. The normalized spacial score (nSPS) is 49.2. The maximum Gasteiger partial charge on any atom is 0.211 e. The summed E-state index contributed by atoms with van der Waals surface area (Å²) in [5.74, 6) is -2.44. The van der Waals surface area contributed by atoms with Gasteiger partial charge in [0, 0.05) is 28.8 Å². The van der Waals surface area contributed by atoms with Crippen LogP contribution in [0.4, 0.5) is 0 Å². The number of thiazole rings is 1. The summed E-state index contributed by atoms with van der Waals surface area (Å²) < 4.78 is 12.9. The number of hydrogen-bond donors (Lipinski definition) is 2. The molecule has 0 radical (unpaired) electrons. The predicted molar refractivity (Wildman–Crippen MR) is 114 cm³/mol. The summed E-state index contributed by atoms with van der Waals surface area (Å²) in [5.41, 5.74) is -1.62. The fraction of sp³-hybridized carbons (Fsp3) is 0.667. The van der Waals surface area contributed by atoms with E-state index in [2.05, 4.69) is 37.6 Å². The molecule has 6 nitrogen and oxygen atoms in total. The monoisotopic (exact) mass is 443 g/mol. The fourth-order valence-corrected chi connectivity index (χ4v) is 8.65. The average Bonchev–Trinajstić information content (AvgIpc) is 3.28. The molecular formula is C24H29NO5S. The number of aliphatic hydroxyl groups excluding tert-OH is 2. The van der Waals surface area contributed by atoms with E-state index >= 15 is 0 Å². The van der Waals surface area contributed by atoms with E-state index in [0.717, 1.165) is 24.3 Å². The van der Waals surface area contributed by atoms with Crippen LogP contribution in [0.5, 0.6) is 0 Å². The van der Waals surface area contributed by atoms with Gasteiger partial charge in [-0.05, 0) is 36.2 Å². The second-order valence-electron chi connectivity index (χ2n) is 10.7. The van der Waals surface area contributed by atoms with Gasteiger partial charge in [-0.1, -0.05) is 32.6 Å². The number of hydrogen-bond acceptors (Lipinski definition) is 7. The topological polar surface area (TPSA) is 88.9 Å². The molecule has 4 aliphatic carbocycles. The molecule has 0 unspecified atom stereocenters. The Morgan fingerprint density at radius 1 is 1.32 bits per heavy atom. The summed E-state index contributed by atoms with van der Waals surface area (Å²) in [6.45, 7) is 8.90. The largest absolute Gasteiger partial charge is 0.391 e. The Morgan fingerprint density at radius 3 is 2.87 bits per heavy atom. The van der Waals surface area contributed by atoms with Gasteiger partial charge in [0.2, 0.25) is 5.79 Å². The van der Waals surface area contributed by atoms with Crippen molar-refractivity contribution in [3.05, 3.63) is 40.9 Å². The van der Waals surface area contributed by atoms with E-state index in [1.165, 1.54) is 11.3 Å². The van der Waals surface area contributed by atoms with Crippen LogP contribution in [0.3, 0.4) is 0 Å². The van der Waals surface area contributed by atoms with Crippen LogP contribution in [-0.2, 0) is 20.9 Å². The molecule has 2 aliphatic heterocycles. The molecule has 7 rings (SSSR count). The summed E-state index contributed by atoms with van der Waals surface area (Å²) in [6.07, 6.45) is 6.35. The first-order chi connectivity index (χ1) is 14.7. The second kappa shape index (κ2) is 6.14. The maximum absolute atomic E-state index is 13.9. The van der Waals surface area contributed by atoms with Gasteiger partial charge in [-0.2, -0.15) is 0 Å². The van der Waals surface area contributed by atoms with Crippen molar-refractivity contribution in [2.24, 2.45) is 34.0 Å². The van der Waals surface area contributed by atoms with Crippen molar-refractivity contribution in [3.8, 4) is 0 Å². The number of Topliss-reactive ketones (excluding diaryl/α,β-unsaturated/α-hetero) is 1. The first-order valence-corrected chi connectivity index (χ1v) is 12.0. The van der Waals surface area contributed by atoms with Gasteiger partial charge >= 0.3 is 0 Å². The molecule has 4 bridgehead atoms. The molecule has 0 aromatic carbocycles. The van der Waals surface area contributed by atoms with Gasteiger partial charge in [-0.25, -0.2) is 4.98 Å². The first kappa shape index (κ1) is 20.2. The SMILES string of the molecule is C=C1C(=O)[C@]23[C@H](O)[C@H]1CC[C@H]2[C@]12C=CCC(C)(C)[C@H]1[C@H](O)[C@@]3(OCc1nccs1)OC2. The number of nitrogens with zero attached hydrogens (tertiary/aromatic N) is 1. The van der Waals surface area contributed by atoms with Crippen LogP contribution in [0.1, 0.15) is 38.1 Å². The molecule has 6 aliphatic rings. The molecule has 3 saturated carbocycles. The molecule has 166 valence electrons. The van der Waals surface area contributed by atoms with E-state index in [1.54, 1.807) is 6.20 Å². The van der Waals surface area contributed by atoms with Crippen molar-refractivity contribution < 1.29 is 24.5 Å². The second-order valence-corrected chi connectivity index (χ2v) is 11.7. The molecule has 3 heterocycles. The maximum atomic E-state index is 13.9. The van der Waals surface area contributed by atoms with Crippen molar-refractivity contribution in [3.63, 3.8) is 0 Å². The standard InChI is InChI=1S/C24H29NO5S/c1-13-14-5-6-15-22-8-4-7-21(2,3)17(22)20(28)24(30-12-22,23(15,18(13)26)19(14)27)29-11-16-25-9-10-31-16/h4,8-10,14-15,17,19-20,27-28H,1,5-7,11-12H2,2-3H3/t14-,15-,17+,19+,20-,22+,23-,24+/m0/s1. The zero-order valence-corrected chi connectivity index (χ0v) is 18.7. The molecule has 7 heteroatoms. The Morgan fingerprint density at radius 2 is 2.13 bits per heavy atom. The molecule has 31 heavy (non-hydrogen) atoms. The van der Waals surface area contributed by atoms with E-state index in [4.69, 9.17) is 9.47 Å². The van der Waals surface area contributed by atoms with Gasteiger partial charge in [0.1, 0.15) is 23.1 Å². The number of ketones is 1. The summed E-state index contributed by atoms with van der Waals surface area (Å²) in [4.78, 5) is 18.2. The Bertz CT molecular complexity index is 988. The van der Waals surface area contributed by atoms with E-state index < -0.39 is 28.8 Å². The van der Waals surface area contributed by atoms with Crippen molar-refractivity contribution >= 4 is 17.1 Å². The quantitative estimate of drug-likeness (QED) is 0.552. The minimum absolute atomic E-state index is 0.121. The molecule has 0 amide bonds. The number of carbonyl (C=O) groups excluding carboxylic acids is 1. The van der Waals surface area contributed by atoms with E-state index in [9.17, 15) is 15.0 Å². The zero-order chi connectivity index (χ0) is 21.8. The Labute approximate surface area is 186 Å². The molecule has 2 N–H and O–H groups in total. The van der Waals surface area contributed by atoms with Crippen LogP contribution in [0.15, 0.2) is 35.9 Å². The summed E-state index contributed by atoms with van der Waals surface area (Å²) in [5, 5.41) is 26.2. The van der Waals surface area contributed by atoms with Crippen LogP contribution >= 0.6 is 11.3 Å². The van der Waals surface area contributed by atoms with E-state index in [-0.39, 0.29) is 35.6 Å². The molecule has 8 atom stereocenters. The highest BCUT2D eigenvalue weighted by Crippen LogP contribution is 2.76. The molecule has 2 spiro atoms. The lowest BCUT2D eigenvalue weighted by Gasteiger charge is -2.73. The number of carbonyl (C=O) groups is 1. The van der Waals surface area contributed by atoms with Crippen molar-refractivity contribution in [2.75, 3.05) is 6.61 Å². The van der Waals surface area contributed by atoms with Gasteiger partial charge in [-0.15, -0.1) is 11.3 Å². The Kier molecular flexibility index (Phi) is 4.01. The molecule has 5 fully saturated rings. The minimum Gasteiger partial charge on any atom is -0.391 e.